The van der Waals surface area contributed by atoms with Crippen molar-refractivity contribution in [2.75, 3.05) is 14.1 Å². The van der Waals surface area contributed by atoms with Crippen molar-refractivity contribution in [2.45, 2.75) is 24.9 Å². The van der Waals surface area contributed by atoms with Crippen molar-refractivity contribution in [1.82, 2.24) is 4.90 Å². The fourth-order valence-electron chi connectivity index (χ4n) is 3.31. The van der Waals surface area contributed by atoms with Crippen molar-refractivity contribution in [3.8, 4) is 0 Å². The fourth-order valence-corrected chi connectivity index (χ4v) is 3.31. The topological polar surface area (TPSA) is 40.5 Å². The highest BCUT2D eigenvalue weighted by molar-refractivity contribution is 5.82. The highest BCUT2D eigenvalue weighted by atomic mass is 16.3. The second kappa shape index (κ2) is 5.93. The van der Waals surface area contributed by atoms with Crippen LogP contribution in [0.15, 0.2) is 48.5 Å². The van der Waals surface area contributed by atoms with Gasteiger partial charge in [0.1, 0.15) is 6.10 Å². The molecular weight excluding hydrogens is 274 g/mol. The minimum absolute atomic E-state index is 0.253. The van der Waals surface area contributed by atoms with Crippen molar-refractivity contribution in [3.63, 3.8) is 0 Å². The van der Waals surface area contributed by atoms with E-state index in [1.54, 1.807) is 14.1 Å². The number of aliphatic hydroxyl groups is 1. The number of aryl methyl sites for hydroxylation is 2. The van der Waals surface area contributed by atoms with E-state index in [0.29, 0.717) is 0 Å². The largest absolute Gasteiger partial charge is 0.382 e. The van der Waals surface area contributed by atoms with Gasteiger partial charge in [0.15, 0.2) is 0 Å². The van der Waals surface area contributed by atoms with Crippen LogP contribution >= 0.6 is 0 Å². The van der Waals surface area contributed by atoms with E-state index in [1.165, 1.54) is 16.0 Å². The minimum Gasteiger partial charge on any atom is -0.382 e. The van der Waals surface area contributed by atoms with E-state index in [-0.39, 0.29) is 11.8 Å². The Bertz CT molecular complexity index is 646. The third-order valence-electron chi connectivity index (χ3n) is 4.45. The van der Waals surface area contributed by atoms with E-state index in [1.807, 2.05) is 36.4 Å². The number of carbonyl (C=O) groups is 1. The average Bonchev–Trinajstić information content (AvgIpc) is 2.70. The molecule has 114 valence electrons. The van der Waals surface area contributed by atoms with Crippen LogP contribution in [0.4, 0.5) is 0 Å². The summed E-state index contributed by atoms with van der Waals surface area (Å²) in [6, 6.07) is 16.3. The summed E-state index contributed by atoms with van der Waals surface area (Å²) >= 11 is 0. The van der Waals surface area contributed by atoms with Crippen molar-refractivity contribution in [1.29, 1.82) is 0 Å². The molecule has 1 unspecified atom stereocenters. The van der Waals surface area contributed by atoms with Crippen LogP contribution in [0.2, 0.25) is 0 Å². The molecule has 0 aliphatic heterocycles. The number of hydrogen-bond acceptors (Lipinski definition) is 2. The molecule has 2 aromatic carbocycles. The Morgan fingerprint density at radius 3 is 1.91 bits per heavy atom. The van der Waals surface area contributed by atoms with Gasteiger partial charge >= 0.3 is 0 Å². The Morgan fingerprint density at radius 1 is 1.00 bits per heavy atom. The van der Waals surface area contributed by atoms with E-state index < -0.39 is 6.10 Å². The van der Waals surface area contributed by atoms with Crippen molar-refractivity contribution < 1.29 is 9.90 Å². The van der Waals surface area contributed by atoms with Crippen LogP contribution in [0.5, 0.6) is 0 Å². The number of rotatable bonds is 2. The summed E-state index contributed by atoms with van der Waals surface area (Å²) in [5.74, 6) is -0.554. The van der Waals surface area contributed by atoms with Gasteiger partial charge in [0, 0.05) is 20.0 Å². The molecule has 1 aliphatic carbocycles. The number of nitrogens with zero attached hydrogens (tertiary/aromatic N) is 1. The normalized spacial score (nSPS) is 15.4. The lowest BCUT2D eigenvalue weighted by Gasteiger charge is -2.26. The van der Waals surface area contributed by atoms with Crippen LogP contribution in [0.1, 0.15) is 28.2 Å². The number of benzene rings is 2. The predicted octanol–water partition coefficient (Wildman–Crippen LogP) is 2.37. The van der Waals surface area contributed by atoms with Crippen LogP contribution < -0.4 is 0 Å². The Balaban J connectivity index is 2.16. The van der Waals surface area contributed by atoms with Crippen molar-refractivity contribution >= 4 is 5.91 Å². The molecule has 1 amide bonds. The summed E-state index contributed by atoms with van der Waals surface area (Å²) in [5.41, 5.74) is 4.56. The van der Waals surface area contributed by atoms with Gasteiger partial charge in [-0.15, -0.1) is 0 Å². The Hall–Kier alpha value is -2.13. The number of likely N-dealkylation sites (N-methyl/N-ethyl adjacent to an activating group) is 1. The highest BCUT2D eigenvalue weighted by Crippen LogP contribution is 2.36. The molecule has 0 bridgehead atoms. The zero-order valence-corrected chi connectivity index (χ0v) is 13.0. The highest BCUT2D eigenvalue weighted by Gasteiger charge is 2.34. The van der Waals surface area contributed by atoms with Crippen LogP contribution in [-0.4, -0.2) is 36.1 Å². The van der Waals surface area contributed by atoms with Gasteiger partial charge in [0.2, 0.25) is 0 Å². The summed E-state index contributed by atoms with van der Waals surface area (Å²) in [6.45, 7) is 0. The standard InChI is InChI=1S/C19H21NO2/c1-20(2)19(22)18(21)17-15-9-5-3-7-13(15)11-12-14-8-4-6-10-16(14)17/h3-10,17-18,21H,11-12H2,1-2H3. The second-order valence-electron chi connectivity index (χ2n) is 6.05. The number of aliphatic hydroxyl groups excluding tert-OH is 1. The van der Waals surface area contributed by atoms with E-state index >= 15 is 0 Å². The van der Waals surface area contributed by atoms with Crippen LogP contribution in [-0.2, 0) is 17.6 Å². The monoisotopic (exact) mass is 295 g/mol. The molecule has 0 saturated heterocycles. The molecule has 3 heteroatoms. The first-order valence-corrected chi connectivity index (χ1v) is 7.64. The minimum atomic E-state index is -1.06. The number of amides is 1. The maximum Gasteiger partial charge on any atom is 0.251 e. The third kappa shape index (κ3) is 2.53. The quantitative estimate of drug-likeness (QED) is 0.924. The second-order valence-corrected chi connectivity index (χ2v) is 6.05. The average molecular weight is 295 g/mol. The molecule has 22 heavy (non-hydrogen) atoms. The van der Waals surface area contributed by atoms with Gasteiger partial charge in [-0.25, -0.2) is 0 Å². The van der Waals surface area contributed by atoms with Gasteiger partial charge in [0.05, 0.1) is 0 Å². The molecule has 0 heterocycles. The third-order valence-corrected chi connectivity index (χ3v) is 4.45. The first-order valence-electron chi connectivity index (χ1n) is 7.64. The van der Waals surface area contributed by atoms with Gasteiger partial charge in [-0.05, 0) is 35.1 Å². The lowest BCUT2D eigenvalue weighted by atomic mass is 9.83. The first-order chi connectivity index (χ1) is 10.6. The lowest BCUT2D eigenvalue weighted by Crippen LogP contribution is -2.38. The zero-order chi connectivity index (χ0) is 15.7. The summed E-state index contributed by atoms with van der Waals surface area (Å²) in [4.78, 5) is 13.8. The molecule has 0 aromatic heterocycles. The van der Waals surface area contributed by atoms with Crippen molar-refractivity contribution in [2.24, 2.45) is 0 Å². The molecule has 3 nitrogen and oxygen atoms in total. The van der Waals surface area contributed by atoms with E-state index in [4.69, 9.17) is 0 Å². The Kier molecular flexibility index (Phi) is 3.99. The van der Waals surface area contributed by atoms with Gasteiger partial charge in [0.25, 0.3) is 5.91 Å². The molecule has 2 aromatic rings. The van der Waals surface area contributed by atoms with E-state index in [0.717, 1.165) is 24.0 Å². The SMILES string of the molecule is CN(C)C(=O)C(O)C1c2ccccc2CCc2ccccc21. The Morgan fingerprint density at radius 2 is 1.45 bits per heavy atom. The zero-order valence-electron chi connectivity index (χ0n) is 13.0. The summed E-state index contributed by atoms with van der Waals surface area (Å²) in [7, 11) is 3.36. The number of hydrogen-bond donors (Lipinski definition) is 1. The summed E-state index contributed by atoms with van der Waals surface area (Å²) in [5, 5.41) is 10.7. The van der Waals surface area contributed by atoms with Gasteiger partial charge < -0.3 is 10.0 Å². The molecule has 0 saturated carbocycles. The van der Waals surface area contributed by atoms with Gasteiger partial charge in [-0.1, -0.05) is 48.5 Å². The Labute approximate surface area is 131 Å². The molecule has 1 N–H and O–H groups in total. The molecular formula is C19H21NO2. The first kappa shape index (κ1) is 14.8. The summed E-state index contributed by atoms with van der Waals surface area (Å²) in [6.07, 6.45) is 0.814. The maximum absolute atomic E-state index is 12.3. The molecule has 0 fully saturated rings. The smallest absolute Gasteiger partial charge is 0.251 e. The van der Waals surface area contributed by atoms with Crippen molar-refractivity contribution in [3.05, 3.63) is 70.8 Å². The number of carbonyl (C=O) groups excluding carboxylic acids is 1. The molecule has 1 aliphatic rings. The molecule has 1 atom stereocenters. The maximum atomic E-state index is 12.3. The van der Waals surface area contributed by atoms with E-state index in [9.17, 15) is 9.90 Å². The lowest BCUT2D eigenvalue weighted by molar-refractivity contribution is -0.138. The van der Waals surface area contributed by atoms with Gasteiger partial charge in [-0.2, -0.15) is 0 Å². The molecule has 0 radical (unpaired) electrons. The molecule has 3 rings (SSSR count). The fraction of sp³-hybridized carbons (Fsp3) is 0.316. The van der Waals surface area contributed by atoms with E-state index in [2.05, 4.69) is 12.1 Å². The van der Waals surface area contributed by atoms with Crippen LogP contribution in [0, 0.1) is 0 Å². The predicted molar refractivity (Wildman–Crippen MR) is 86.8 cm³/mol. The van der Waals surface area contributed by atoms with Crippen LogP contribution in [0.3, 0.4) is 0 Å². The molecule has 0 spiro atoms. The summed E-state index contributed by atoms with van der Waals surface area (Å²) < 4.78 is 0. The van der Waals surface area contributed by atoms with Crippen LogP contribution in [0.25, 0.3) is 0 Å². The van der Waals surface area contributed by atoms with Gasteiger partial charge in [-0.3, -0.25) is 4.79 Å². The number of fused-ring (bicyclic) bond motifs is 2.